The number of aromatic carboxylic acids is 1. The first-order chi connectivity index (χ1) is 17.9. The molecule has 3 aromatic rings. The van der Waals surface area contributed by atoms with E-state index < -0.39 is 5.97 Å². The second-order valence-electron chi connectivity index (χ2n) is 10.2. The molecule has 3 N–H and O–H groups in total. The Bertz CT molecular complexity index is 1380. The second kappa shape index (κ2) is 9.54. The van der Waals surface area contributed by atoms with E-state index in [2.05, 4.69) is 4.90 Å². The predicted octanol–water partition coefficient (Wildman–Crippen LogP) is 5.94. The van der Waals surface area contributed by atoms with Gasteiger partial charge in [-0.2, -0.15) is 0 Å². The van der Waals surface area contributed by atoms with Crippen LogP contribution in [0.5, 0.6) is 0 Å². The largest absolute Gasteiger partial charge is 0.512 e. The summed E-state index contributed by atoms with van der Waals surface area (Å²) in [6, 6.07) is 11.4. The van der Waals surface area contributed by atoms with Gasteiger partial charge in [0.2, 0.25) is 0 Å². The fraction of sp³-hybridized carbons (Fsp3) is 0.393. The predicted molar refractivity (Wildman–Crippen MR) is 140 cm³/mol. The standard InChI is InChI=1S/C28H28FN3O4S/c29-18-6-3-15(4-7-18)25(30)22(26(33)16-1-2-16)14-36-21-12-19-8-9-20(13-21)32(19)28-31-23-10-5-17(27(34)35)11-24(23)37-28/h3-7,10-11,16,19-21,30,33H,1-2,8-9,12-14H2,(H,34,35)/b26-22-,30-25?/t19-,20?,21?/m0/s1. The van der Waals surface area contributed by atoms with Crippen molar-refractivity contribution in [3.63, 3.8) is 0 Å². The molecule has 192 valence electrons. The van der Waals surface area contributed by atoms with E-state index in [0.29, 0.717) is 11.1 Å². The zero-order valence-corrected chi connectivity index (χ0v) is 21.0. The molecule has 1 saturated carbocycles. The molecule has 2 saturated heterocycles. The summed E-state index contributed by atoms with van der Waals surface area (Å²) in [5.74, 6) is -0.992. The number of rotatable bonds is 8. The van der Waals surface area contributed by atoms with E-state index >= 15 is 0 Å². The molecule has 2 aromatic carbocycles. The van der Waals surface area contributed by atoms with Gasteiger partial charge in [-0.3, -0.25) is 5.41 Å². The summed E-state index contributed by atoms with van der Waals surface area (Å²) < 4.78 is 20.6. The van der Waals surface area contributed by atoms with Crippen LogP contribution in [-0.2, 0) is 4.74 Å². The number of aliphatic hydroxyl groups excluding tert-OH is 1. The third-order valence-corrected chi connectivity index (χ3v) is 8.74. The van der Waals surface area contributed by atoms with Crippen molar-refractivity contribution in [2.45, 2.75) is 56.7 Å². The van der Waals surface area contributed by atoms with Crippen LogP contribution in [0.25, 0.3) is 10.2 Å². The molecular formula is C28H28FN3O4S. The number of nitrogens with zero attached hydrogens (tertiary/aromatic N) is 2. The fourth-order valence-corrected chi connectivity index (χ4v) is 6.75. The van der Waals surface area contributed by atoms with Gasteiger partial charge in [-0.25, -0.2) is 14.2 Å². The van der Waals surface area contributed by atoms with Gasteiger partial charge in [0.25, 0.3) is 0 Å². The number of ether oxygens (including phenoxy) is 1. The SMILES string of the molecule is N=C(/C(COC1CC2CC[C@@H](C1)N2c1nc2ccc(C(=O)O)cc2s1)=C(\O)C1CC1)c1ccc(F)cc1. The van der Waals surface area contributed by atoms with Crippen LogP contribution in [0.2, 0.25) is 0 Å². The number of aliphatic hydroxyl groups is 1. The van der Waals surface area contributed by atoms with Gasteiger partial charge in [-0.05, 0) is 81.0 Å². The number of benzene rings is 2. The zero-order chi connectivity index (χ0) is 25.7. The summed E-state index contributed by atoms with van der Waals surface area (Å²) >= 11 is 1.53. The first kappa shape index (κ1) is 24.1. The molecule has 1 aromatic heterocycles. The smallest absolute Gasteiger partial charge is 0.335 e. The van der Waals surface area contributed by atoms with Gasteiger partial charge in [-0.1, -0.05) is 11.3 Å². The minimum Gasteiger partial charge on any atom is -0.512 e. The Morgan fingerprint density at radius 1 is 1.05 bits per heavy atom. The molecule has 9 heteroatoms. The number of allylic oxidation sites excluding steroid dienone is 1. The minimum absolute atomic E-state index is 0.00441. The number of carbonyl (C=O) groups is 1. The maximum absolute atomic E-state index is 13.4. The van der Waals surface area contributed by atoms with Crippen LogP contribution in [0.4, 0.5) is 9.52 Å². The van der Waals surface area contributed by atoms with E-state index in [4.69, 9.17) is 15.1 Å². The molecule has 2 unspecified atom stereocenters. The lowest BCUT2D eigenvalue weighted by molar-refractivity contribution is 0.0410. The molecule has 0 radical (unpaired) electrons. The highest BCUT2D eigenvalue weighted by Gasteiger charge is 2.43. The zero-order valence-electron chi connectivity index (χ0n) is 20.2. The summed E-state index contributed by atoms with van der Waals surface area (Å²) in [4.78, 5) is 18.5. The van der Waals surface area contributed by atoms with Crippen molar-refractivity contribution >= 4 is 38.4 Å². The van der Waals surface area contributed by atoms with Crippen LogP contribution in [0, 0.1) is 17.1 Å². The number of anilines is 1. The van der Waals surface area contributed by atoms with Crippen molar-refractivity contribution in [3.05, 3.63) is 70.7 Å². The number of hydrogen-bond donors (Lipinski definition) is 3. The Morgan fingerprint density at radius 2 is 1.73 bits per heavy atom. The highest BCUT2D eigenvalue weighted by atomic mass is 32.1. The molecule has 37 heavy (non-hydrogen) atoms. The Hall–Kier alpha value is -3.30. The molecule has 1 aliphatic carbocycles. The Kier molecular flexibility index (Phi) is 6.20. The molecule has 3 fully saturated rings. The summed E-state index contributed by atoms with van der Waals surface area (Å²) in [6.45, 7) is 0.155. The van der Waals surface area contributed by atoms with E-state index in [0.717, 1.165) is 53.9 Å². The molecule has 0 amide bonds. The monoisotopic (exact) mass is 521 g/mol. The third kappa shape index (κ3) is 4.73. The van der Waals surface area contributed by atoms with Gasteiger partial charge >= 0.3 is 5.97 Å². The lowest BCUT2D eigenvalue weighted by Gasteiger charge is -2.38. The van der Waals surface area contributed by atoms with Crippen LogP contribution in [0.15, 0.2) is 53.8 Å². The number of halogens is 1. The molecule has 3 heterocycles. The maximum atomic E-state index is 13.4. The molecule has 2 bridgehead atoms. The van der Waals surface area contributed by atoms with Gasteiger partial charge in [0.15, 0.2) is 5.13 Å². The van der Waals surface area contributed by atoms with E-state index in [1.165, 1.54) is 23.5 Å². The Morgan fingerprint density at radius 3 is 2.38 bits per heavy atom. The van der Waals surface area contributed by atoms with E-state index in [9.17, 15) is 19.4 Å². The van der Waals surface area contributed by atoms with E-state index in [1.54, 1.807) is 30.3 Å². The highest BCUT2D eigenvalue weighted by molar-refractivity contribution is 7.22. The Labute approximate surface area is 217 Å². The molecule has 3 atom stereocenters. The van der Waals surface area contributed by atoms with Crippen LogP contribution in [0.3, 0.4) is 0 Å². The number of piperidine rings is 1. The lowest BCUT2D eigenvalue weighted by Crippen LogP contribution is -2.45. The van der Waals surface area contributed by atoms with Gasteiger partial charge in [0.1, 0.15) is 11.6 Å². The van der Waals surface area contributed by atoms with E-state index in [1.807, 2.05) is 0 Å². The van der Waals surface area contributed by atoms with Gasteiger partial charge in [0, 0.05) is 29.1 Å². The van der Waals surface area contributed by atoms with Crippen molar-refractivity contribution < 1.29 is 24.1 Å². The first-order valence-electron chi connectivity index (χ1n) is 12.7. The van der Waals surface area contributed by atoms with Crippen molar-refractivity contribution in [2.75, 3.05) is 11.5 Å². The minimum atomic E-state index is -0.941. The number of aromatic nitrogens is 1. The average Bonchev–Trinajstić information content (AvgIpc) is 3.60. The number of fused-ring (bicyclic) bond motifs is 3. The fourth-order valence-electron chi connectivity index (χ4n) is 5.60. The van der Waals surface area contributed by atoms with Crippen LogP contribution in [0.1, 0.15) is 54.4 Å². The lowest BCUT2D eigenvalue weighted by atomic mass is 9.98. The molecule has 7 nitrogen and oxygen atoms in total. The molecule has 3 aliphatic rings. The van der Waals surface area contributed by atoms with E-state index in [-0.39, 0.29) is 53.6 Å². The van der Waals surface area contributed by atoms with Crippen molar-refractivity contribution in [3.8, 4) is 0 Å². The number of carboxylic acids is 1. The summed E-state index contributed by atoms with van der Waals surface area (Å²) in [7, 11) is 0. The second-order valence-corrected chi connectivity index (χ2v) is 11.2. The van der Waals surface area contributed by atoms with Crippen LogP contribution >= 0.6 is 11.3 Å². The van der Waals surface area contributed by atoms with Crippen LogP contribution < -0.4 is 4.90 Å². The number of nitrogens with one attached hydrogen (secondary N) is 1. The van der Waals surface area contributed by atoms with Gasteiger partial charge in [0.05, 0.1) is 34.2 Å². The van der Waals surface area contributed by atoms with Crippen molar-refractivity contribution in [1.29, 1.82) is 5.41 Å². The van der Waals surface area contributed by atoms with Gasteiger partial charge in [-0.15, -0.1) is 0 Å². The van der Waals surface area contributed by atoms with Crippen LogP contribution in [-0.4, -0.2) is 51.7 Å². The highest BCUT2D eigenvalue weighted by Crippen LogP contribution is 2.43. The molecule has 0 spiro atoms. The Balaban J connectivity index is 1.16. The van der Waals surface area contributed by atoms with Crippen molar-refractivity contribution in [2.24, 2.45) is 5.92 Å². The quantitative estimate of drug-likeness (QED) is 0.250. The average molecular weight is 522 g/mol. The normalized spacial score (nSPS) is 23.8. The first-order valence-corrected chi connectivity index (χ1v) is 13.5. The topological polar surface area (TPSA) is 107 Å². The summed E-state index contributed by atoms with van der Waals surface area (Å²) in [6.07, 6.45) is 5.56. The molecular weight excluding hydrogens is 493 g/mol. The summed E-state index contributed by atoms with van der Waals surface area (Å²) in [5, 5.41) is 29.7. The third-order valence-electron chi connectivity index (χ3n) is 7.71. The maximum Gasteiger partial charge on any atom is 0.335 e. The number of carboxylic acid groups (broad SMARTS) is 1. The van der Waals surface area contributed by atoms with Crippen molar-refractivity contribution in [1.82, 2.24) is 4.98 Å². The van der Waals surface area contributed by atoms with Gasteiger partial charge < -0.3 is 19.8 Å². The molecule has 6 rings (SSSR count). The summed E-state index contributed by atoms with van der Waals surface area (Å²) in [5.41, 5.74) is 2.31. The molecule has 2 aliphatic heterocycles. The number of hydrogen-bond acceptors (Lipinski definition) is 7. The number of thiazole rings is 1.